The van der Waals surface area contributed by atoms with Crippen LogP contribution in [0.15, 0.2) is 42.3 Å². The second-order valence-corrected chi connectivity index (χ2v) is 4.60. The lowest BCUT2D eigenvalue weighted by Gasteiger charge is -2.19. The van der Waals surface area contributed by atoms with E-state index in [1.807, 2.05) is 44.2 Å². The molecule has 6 nitrogen and oxygen atoms in total. The van der Waals surface area contributed by atoms with Crippen molar-refractivity contribution >= 4 is 6.09 Å². The highest BCUT2D eigenvalue weighted by Crippen LogP contribution is 2.11. The Labute approximate surface area is 117 Å². The molecule has 2 N–H and O–H groups in total. The van der Waals surface area contributed by atoms with Crippen molar-refractivity contribution in [1.29, 1.82) is 5.39 Å². The monoisotopic (exact) mass is 276 g/mol. The SMILES string of the molecule is CC(C)[C@H](NC(=O)OCc1ccccc1)/C(O)=C/[N+]#N. The Hall–Kier alpha value is -2.55. The third-order valence-electron chi connectivity index (χ3n) is 2.66. The van der Waals surface area contributed by atoms with Gasteiger partial charge in [0.25, 0.3) is 0 Å². The Morgan fingerprint density at radius 2 is 2.10 bits per heavy atom. The van der Waals surface area contributed by atoms with Crippen molar-refractivity contribution in [2.24, 2.45) is 5.92 Å². The number of carbonyl (C=O) groups is 1. The summed E-state index contributed by atoms with van der Waals surface area (Å²) >= 11 is 0. The minimum Gasteiger partial charge on any atom is -0.504 e. The molecule has 20 heavy (non-hydrogen) atoms. The summed E-state index contributed by atoms with van der Waals surface area (Å²) in [6.07, 6.45) is 0.229. The maximum Gasteiger partial charge on any atom is 0.408 e. The molecule has 1 aromatic rings. The highest BCUT2D eigenvalue weighted by molar-refractivity contribution is 5.68. The number of hydrogen-bond donors (Lipinski definition) is 2. The number of aliphatic hydroxyl groups excluding tert-OH is 1. The van der Waals surface area contributed by atoms with Crippen LogP contribution in [0.1, 0.15) is 19.4 Å². The van der Waals surface area contributed by atoms with Crippen LogP contribution in [0, 0.1) is 11.3 Å². The summed E-state index contributed by atoms with van der Waals surface area (Å²) in [5, 5.41) is 20.6. The first-order chi connectivity index (χ1) is 9.54. The number of diazo groups is 1. The molecule has 1 amide bonds. The second-order valence-electron chi connectivity index (χ2n) is 4.60. The van der Waals surface area contributed by atoms with Crippen molar-refractivity contribution in [2.45, 2.75) is 26.5 Å². The summed E-state index contributed by atoms with van der Waals surface area (Å²) in [7, 11) is 0. The van der Waals surface area contributed by atoms with Gasteiger partial charge in [0, 0.05) is 0 Å². The quantitative estimate of drug-likeness (QED) is 0.638. The van der Waals surface area contributed by atoms with E-state index in [1.165, 1.54) is 0 Å². The second kappa shape index (κ2) is 7.79. The first-order valence-corrected chi connectivity index (χ1v) is 6.25. The van der Waals surface area contributed by atoms with Gasteiger partial charge in [-0.2, -0.15) is 0 Å². The third-order valence-corrected chi connectivity index (χ3v) is 2.66. The van der Waals surface area contributed by atoms with E-state index in [1.54, 1.807) is 0 Å². The van der Waals surface area contributed by atoms with Gasteiger partial charge in [0.2, 0.25) is 11.2 Å². The van der Waals surface area contributed by atoms with Gasteiger partial charge in [-0.1, -0.05) is 44.2 Å². The van der Waals surface area contributed by atoms with Gasteiger partial charge in [-0.15, -0.1) is 0 Å². The lowest BCUT2D eigenvalue weighted by molar-refractivity contribution is 0.131. The number of carbonyl (C=O) groups excluding carboxylic acids is 1. The molecule has 1 rings (SSSR count). The van der Waals surface area contributed by atoms with Crippen molar-refractivity contribution in [3.05, 3.63) is 52.8 Å². The molecule has 0 spiro atoms. The molecule has 0 aliphatic heterocycles. The zero-order valence-corrected chi connectivity index (χ0v) is 11.5. The van der Waals surface area contributed by atoms with Crippen LogP contribution in [0.3, 0.4) is 0 Å². The van der Waals surface area contributed by atoms with Crippen LogP contribution >= 0.6 is 0 Å². The van der Waals surface area contributed by atoms with Crippen LogP contribution in [-0.2, 0) is 11.3 Å². The van der Waals surface area contributed by atoms with E-state index < -0.39 is 12.1 Å². The molecule has 0 aromatic heterocycles. The van der Waals surface area contributed by atoms with E-state index in [-0.39, 0.29) is 18.3 Å². The van der Waals surface area contributed by atoms with E-state index in [0.29, 0.717) is 0 Å². The molecule has 6 heteroatoms. The van der Waals surface area contributed by atoms with Gasteiger partial charge in [-0.3, -0.25) is 0 Å². The fraction of sp³-hybridized carbons (Fsp3) is 0.357. The zero-order chi connectivity index (χ0) is 15.0. The largest absolute Gasteiger partial charge is 0.504 e. The lowest BCUT2D eigenvalue weighted by atomic mass is 10.0. The minimum absolute atomic E-state index is 0.0859. The molecule has 0 heterocycles. The van der Waals surface area contributed by atoms with Gasteiger partial charge >= 0.3 is 12.3 Å². The van der Waals surface area contributed by atoms with Crippen molar-refractivity contribution < 1.29 is 14.6 Å². The predicted molar refractivity (Wildman–Crippen MR) is 74.2 cm³/mol. The zero-order valence-electron chi connectivity index (χ0n) is 11.5. The van der Waals surface area contributed by atoms with Gasteiger partial charge in [0.05, 0.1) is 6.04 Å². The molecule has 1 atom stereocenters. The number of aliphatic hydroxyl groups is 1. The Morgan fingerprint density at radius 3 is 2.65 bits per heavy atom. The molecule has 0 radical (unpaired) electrons. The van der Waals surface area contributed by atoms with Crippen LogP contribution in [-0.4, -0.2) is 17.2 Å². The van der Waals surface area contributed by atoms with Crippen molar-refractivity contribution in [2.75, 3.05) is 0 Å². The van der Waals surface area contributed by atoms with E-state index >= 15 is 0 Å². The Balaban J connectivity index is 2.55. The highest BCUT2D eigenvalue weighted by atomic mass is 16.5. The minimum atomic E-state index is -0.672. The standard InChI is InChI=1S/C14H17N3O3/c1-10(2)13(12(18)8-16-15)17-14(19)20-9-11-6-4-3-5-7-11/h3-8,10,13H,9H2,1-2H3,(H-,17,18,19)/p+1/b12-8-/t13-/m0/s1. The molecule has 0 unspecified atom stereocenters. The molecule has 0 aliphatic carbocycles. The summed E-state index contributed by atoms with van der Waals surface area (Å²) < 4.78 is 5.06. The van der Waals surface area contributed by atoms with E-state index in [9.17, 15) is 9.90 Å². The first-order valence-electron chi connectivity index (χ1n) is 6.25. The number of alkyl carbamates (subject to hydrolysis) is 1. The fourth-order valence-electron chi connectivity index (χ4n) is 1.61. The summed E-state index contributed by atoms with van der Waals surface area (Å²) in [5.41, 5.74) is 0.869. The molecular formula is C14H18N3O3+. The summed E-state index contributed by atoms with van der Waals surface area (Å²) in [5.74, 6) is -0.323. The summed E-state index contributed by atoms with van der Waals surface area (Å²) in [4.78, 5) is 14.4. The number of hydrogen-bond acceptors (Lipinski definition) is 4. The fourth-order valence-corrected chi connectivity index (χ4v) is 1.61. The van der Waals surface area contributed by atoms with Crippen LogP contribution in [0.2, 0.25) is 0 Å². The normalized spacial score (nSPS) is 12.6. The van der Waals surface area contributed by atoms with Gasteiger partial charge < -0.3 is 15.2 Å². The lowest BCUT2D eigenvalue weighted by Crippen LogP contribution is -2.40. The van der Waals surface area contributed by atoms with Gasteiger partial charge in [0.1, 0.15) is 6.61 Å². The van der Waals surface area contributed by atoms with E-state index in [2.05, 4.69) is 10.3 Å². The molecule has 0 saturated heterocycles. The van der Waals surface area contributed by atoms with Crippen LogP contribution in [0.4, 0.5) is 4.79 Å². The highest BCUT2D eigenvalue weighted by Gasteiger charge is 2.23. The Morgan fingerprint density at radius 1 is 1.45 bits per heavy atom. The van der Waals surface area contributed by atoms with E-state index in [0.717, 1.165) is 11.8 Å². The third kappa shape index (κ3) is 4.98. The molecule has 0 aliphatic rings. The average Bonchev–Trinajstić information content (AvgIpc) is 2.43. The maximum atomic E-state index is 11.7. The number of nitrogens with zero attached hydrogens (tertiary/aromatic N) is 2. The topological polar surface area (TPSA) is 86.7 Å². The van der Waals surface area contributed by atoms with Gasteiger partial charge in [-0.05, 0) is 11.5 Å². The molecule has 106 valence electrons. The van der Waals surface area contributed by atoms with Crippen LogP contribution in [0.5, 0.6) is 0 Å². The average molecular weight is 276 g/mol. The number of amides is 1. The molecule has 0 bridgehead atoms. The number of nitrogens with one attached hydrogen (secondary N) is 1. The van der Waals surface area contributed by atoms with Crippen molar-refractivity contribution in [1.82, 2.24) is 5.32 Å². The Bertz CT molecular complexity index is 506. The van der Waals surface area contributed by atoms with Crippen molar-refractivity contribution in [3.8, 4) is 0 Å². The molecule has 1 aromatic carbocycles. The first kappa shape index (κ1) is 15.5. The van der Waals surface area contributed by atoms with Gasteiger partial charge in [0.15, 0.2) is 4.98 Å². The van der Waals surface area contributed by atoms with E-state index in [4.69, 9.17) is 10.1 Å². The predicted octanol–water partition coefficient (Wildman–Crippen LogP) is 3.19. The molecular weight excluding hydrogens is 258 g/mol. The summed E-state index contributed by atoms with van der Waals surface area (Å²) in [6, 6.07) is 8.59. The summed E-state index contributed by atoms with van der Waals surface area (Å²) in [6.45, 7) is 3.76. The molecule has 0 fully saturated rings. The van der Waals surface area contributed by atoms with Crippen LogP contribution in [0.25, 0.3) is 4.98 Å². The number of rotatable bonds is 5. The Kier molecular flexibility index (Phi) is 6.04. The number of ether oxygens (including phenoxy) is 1. The maximum absolute atomic E-state index is 11.7. The number of benzene rings is 1. The van der Waals surface area contributed by atoms with Crippen LogP contribution < -0.4 is 5.32 Å². The smallest absolute Gasteiger partial charge is 0.408 e. The van der Waals surface area contributed by atoms with Crippen molar-refractivity contribution in [3.63, 3.8) is 0 Å². The molecule has 0 saturated carbocycles. The van der Waals surface area contributed by atoms with Gasteiger partial charge in [-0.25, -0.2) is 4.79 Å².